The van der Waals surface area contributed by atoms with Gasteiger partial charge in [0.05, 0.1) is 29.4 Å². The van der Waals surface area contributed by atoms with Crippen molar-refractivity contribution in [1.82, 2.24) is 4.90 Å². The van der Waals surface area contributed by atoms with E-state index in [0.29, 0.717) is 45.9 Å². The molecule has 1 N–H and O–H groups in total. The van der Waals surface area contributed by atoms with Crippen molar-refractivity contribution in [3.8, 4) is 11.5 Å². The smallest absolute Gasteiger partial charge is 0.338 e. The summed E-state index contributed by atoms with van der Waals surface area (Å²) in [6.45, 7) is 4.29. The zero-order chi connectivity index (χ0) is 22.5. The van der Waals surface area contributed by atoms with Gasteiger partial charge in [-0.15, -0.1) is 0 Å². The number of rotatable bonds is 6. The highest BCUT2D eigenvalue weighted by Gasteiger charge is 2.30. The first kappa shape index (κ1) is 22.9. The minimum atomic E-state index is -0.394. The summed E-state index contributed by atoms with van der Waals surface area (Å²) in [5.41, 5.74) is 1.49. The van der Waals surface area contributed by atoms with Gasteiger partial charge in [0.15, 0.2) is 16.7 Å². The van der Waals surface area contributed by atoms with Crippen molar-refractivity contribution < 1.29 is 24.2 Å². The SMILES string of the molecule is CCOC(=O)c1ccc(N=C2S/C(=C\c3cc(Br)cc(OCC)c3O)C(=O)N2C)cc1. The number of hydrogen-bond donors (Lipinski definition) is 1. The van der Waals surface area contributed by atoms with Crippen LogP contribution in [-0.4, -0.2) is 47.3 Å². The number of hydrogen-bond acceptors (Lipinski definition) is 7. The molecule has 2 aromatic carbocycles. The predicted molar refractivity (Wildman–Crippen MR) is 125 cm³/mol. The lowest BCUT2D eigenvalue weighted by Crippen LogP contribution is -2.23. The van der Waals surface area contributed by atoms with Crippen molar-refractivity contribution in [2.45, 2.75) is 13.8 Å². The third-order valence-electron chi connectivity index (χ3n) is 4.26. The topological polar surface area (TPSA) is 88.4 Å². The zero-order valence-corrected chi connectivity index (χ0v) is 19.6. The number of phenols is 1. The van der Waals surface area contributed by atoms with Gasteiger partial charge in [-0.1, -0.05) is 15.9 Å². The monoisotopic (exact) mass is 504 g/mol. The molecule has 0 atom stereocenters. The number of nitrogens with zero attached hydrogens (tertiary/aromatic N) is 2. The lowest BCUT2D eigenvalue weighted by atomic mass is 10.1. The van der Waals surface area contributed by atoms with E-state index in [1.165, 1.54) is 16.7 Å². The Labute approximate surface area is 192 Å². The van der Waals surface area contributed by atoms with Crippen LogP contribution in [0.4, 0.5) is 5.69 Å². The van der Waals surface area contributed by atoms with Crippen molar-refractivity contribution in [2.24, 2.45) is 4.99 Å². The van der Waals surface area contributed by atoms with Gasteiger partial charge in [-0.3, -0.25) is 9.69 Å². The van der Waals surface area contributed by atoms with Crippen LogP contribution in [0.15, 0.2) is 50.8 Å². The molecule has 0 bridgehead atoms. The predicted octanol–water partition coefficient (Wildman–Crippen LogP) is 4.96. The van der Waals surface area contributed by atoms with E-state index in [0.717, 1.165) is 4.47 Å². The Kier molecular flexibility index (Phi) is 7.40. The summed E-state index contributed by atoms with van der Waals surface area (Å²) in [6, 6.07) is 10.0. The third-order valence-corrected chi connectivity index (χ3v) is 5.78. The molecule has 1 aliphatic rings. The summed E-state index contributed by atoms with van der Waals surface area (Å²) in [7, 11) is 1.63. The van der Waals surface area contributed by atoms with Gasteiger partial charge in [0.1, 0.15) is 0 Å². The number of halogens is 1. The van der Waals surface area contributed by atoms with E-state index in [2.05, 4.69) is 20.9 Å². The molecule has 7 nitrogen and oxygen atoms in total. The van der Waals surface area contributed by atoms with Gasteiger partial charge in [-0.25, -0.2) is 9.79 Å². The van der Waals surface area contributed by atoms with Crippen molar-refractivity contribution >= 4 is 56.5 Å². The Morgan fingerprint density at radius 1 is 1.23 bits per heavy atom. The summed E-state index contributed by atoms with van der Waals surface area (Å²) >= 11 is 4.59. The summed E-state index contributed by atoms with van der Waals surface area (Å²) in [6.07, 6.45) is 1.61. The molecule has 2 aromatic rings. The second-order valence-electron chi connectivity index (χ2n) is 6.41. The Hall–Kier alpha value is -2.78. The minimum Gasteiger partial charge on any atom is -0.504 e. The molecule has 0 spiro atoms. The largest absolute Gasteiger partial charge is 0.504 e. The molecule has 9 heteroatoms. The summed E-state index contributed by atoms with van der Waals surface area (Å²) in [4.78, 5) is 30.8. The van der Waals surface area contributed by atoms with E-state index in [9.17, 15) is 14.7 Å². The molecular weight excluding hydrogens is 484 g/mol. The number of aromatic hydroxyl groups is 1. The Morgan fingerprint density at radius 2 is 1.94 bits per heavy atom. The first-order valence-corrected chi connectivity index (χ1v) is 11.1. The number of phenolic OH excluding ortho intramolecular Hbond substituents is 1. The molecular formula is C22H21BrN2O5S. The Morgan fingerprint density at radius 3 is 2.58 bits per heavy atom. The number of benzene rings is 2. The maximum atomic E-state index is 12.7. The van der Waals surface area contributed by atoms with Gasteiger partial charge in [-0.05, 0) is 68.1 Å². The van der Waals surface area contributed by atoms with Crippen molar-refractivity contribution in [2.75, 3.05) is 20.3 Å². The van der Waals surface area contributed by atoms with Crippen molar-refractivity contribution in [1.29, 1.82) is 0 Å². The third kappa shape index (κ3) is 5.29. The molecule has 1 aliphatic heterocycles. The highest BCUT2D eigenvalue weighted by molar-refractivity contribution is 9.10. The van der Waals surface area contributed by atoms with E-state index >= 15 is 0 Å². The summed E-state index contributed by atoms with van der Waals surface area (Å²) in [5, 5.41) is 11.0. The zero-order valence-electron chi connectivity index (χ0n) is 17.2. The number of amidine groups is 1. The lowest BCUT2D eigenvalue weighted by molar-refractivity contribution is -0.121. The van der Waals surface area contributed by atoms with Gasteiger partial charge < -0.3 is 14.6 Å². The van der Waals surface area contributed by atoms with Crippen LogP contribution in [-0.2, 0) is 9.53 Å². The number of esters is 1. The highest BCUT2D eigenvalue weighted by atomic mass is 79.9. The van der Waals surface area contributed by atoms with Crippen molar-refractivity contribution in [3.63, 3.8) is 0 Å². The van der Waals surface area contributed by atoms with Gasteiger partial charge in [0, 0.05) is 17.1 Å². The quantitative estimate of drug-likeness (QED) is 0.441. The number of ether oxygens (including phenoxy) is 2. The maximum Gasteiger partial charge on any atom is 0.338 e. The van der Waals surface area contributed by atoms with Crippen LogP contribution in [0.3, 0.4) is 0 Å². The summed E-state index contributed by atoms with van der Waals surface area (Å²) < 4.78 is 11.1. The van der Waals surface area contributed by atoms with Crippen LogP contribution in [0, 0.1) is 0 Å². The van der Waals surface area contributed by atoms with E-state index < -0.39 is 5.97 Å². The van der Waals surface area contributed by atoms with Crippen LogP contribution in [0.2, 0.25) is 0 Å². The summed E-state index contributed by atoms with van der Waals surface area (Å²) in [5.74, 6) is -0.324. The molecule has 1 heterocycles. The van der Waals surface area contributed by atoms with Crippen molar-refractivity contribution in [3.05, 3.63) is 56.9 Å². The number of aliphatic imine (C=N–C) groups is 1. The van der Waals surface area contributed by atoms with Gasteiger partial charge in [0.25, 0.3) is 5.91 Å². The van der Waals surface area contributed by atoms with Crippen LogP contribution < -0.4 is 4.74 Å². The molecule has 31 heavy (non-hydrogen) atoms. The fourth-order valence-electron chi connectivity index (χ4n) is 2.76. The number of amides is 1. The second-order valence-corrected chi connectivity index (χ2v) is 8.34. The Bertz CT molecular complexity index is 1070. The molecule has 1 amide bonds. The maximum absolute atomic E-state index is 12.7. The van der Waals surface area contributed by atoms with E-state index in [4.69, 9.17) is 9.47 Å². The number of likely N-dealkylation sites (N-methyl/N-ethyl adjacent to an activating group) is 1. The molecule has 0 aromatic heterocycles. The highest BCUT2D eigenvalue weighted by Crippen LogP contribution is 2.39. The molecule has 0 aliphatic carbocycles. The lowest BCUT2D eigenvalue weighted by Gasteiger charge is -2.09. The molecule has 0 saturated carbocycles. The average molecular weight is 505 g/mol. The fourth-order valence-corrected chi connectivity index (χ4v) is 4.19. The molecule has 1 saturated heterocycles. The molecule has 1 fully saturated rings. The molecule has 3 rings (SSSR count). The van der Waals surface area contributed by atoms with E-state index in [1.54, 1.807) is 56.4 Å². The van der Waals surface area contributed by atoms with Gasteiger partial charge in [0.2, 0.25) is 0 Å². The molecule has 0 radical (unpaired) electrons. The normalized spacial score (nSPS) is 16.3. The van der Waals surface area contributed by atoms with E-state index in [1.807, 2.05) is 6.92 Å². The van der Waals surface area contributed by atoms with E-state index in [-0.39, 0.29) is 11.7 Å². The van der Waals surface area contributed by atoms with Gasteiger partial charge in [-0.2, -0.15) is 0 Å². The Balaban J connectivity index is 1.86. The average Bonchev–Trinajstić information content (AvgIpc) is 3.00. The molecule has 0 unspecified atom stereocenters. The second kappa shape index (κ2) is 10.0. The van der Waals surface area contributed by atoms with Gasteiger partial charge >= 0.3 is 5.97 Å². The van der Waals surface area contributed by atoms with Crippen LogP contribution in [0.25, 0.3) is 6.08 Å². The molecule has 162 valence electrons. The first-order chi connectivity index (χ1) is 14.8. The standard InChI is InChI=1S/C22H21BrN2O5S/c1-4-29-17-12-15(23)10-14(19(17)26)11-18-20(27)25(3)22(31-18)24-16-8-6-13(7-9-16)21(28)30-5-2/h6-12,26H,4-5H2,1-3H3/b18-11-,24-22?. The van der Waals surface area contributed by atoms with Crippen LogP contribution in [0.1, 0.15) is 29.8 Å². The van der Waals surface area contributed by atoms with Crippen LogP contribution >= 0.6 is 27.7 Å². The number of carbonyl (C=O) groups is 2. The number of thioether (sulfide) groups is 1. The fraction of sp³-hybridized carbons (Fsp3) is 0.227. The first-order valence-electron chi connectivity index (χ1n) is 9.52. The minimum absolute atomic E-state index is 0.0338. The number of carbonyl (C=O) groups excluding carboxylic acids is 2. The van der Waals surface area contributed by atoms with Crippen LogP contribution in [0.5, 0.6) is 11.5 Å².